The Kier molecular flexibility index (Phi) is 6.40. The fourth-order valence-corrected chi connectivity index (χ4v) is 2.45. The first kappa shape index (κ1) is 14.0. The summed E-state index contributed by atoms with van der Waals surface area (Å²) in [6.07, 6.45) is 3.52. The van der Waals surface area contributed by atoms with E-state index >= 15 is 0 Å². The van der Waals surface area contributed by atoms with Crippen LogP contribution in [0.1, 0.15) is 36.0 Å². The predicted octanol–water partition coefficient (Wildman–Crippen LogP) is 5.13. The molecule has 0 radical (unpaired) electrons. The van der Waals surface area contributed by atoms with E-state index in [2.05, 4.69) is 15.9 Å². The highest BCUT2D eigenvalue weighted by atomic mass is 79.9. The largest absolute Gasteiger partial charge is 0.294 e. The van der Waals surface area contributed by atoms with E-state index in [-0.39, 0.29) is 5.78 Å². The van der Waals surface area contributed by atoms with E-state index in [0.717, 1.165) is 24.6 Å². The number of halogens is 3. The summed E-state index contributed by atoms with van der Waals surface area (Å²) < 4.78 is 0. The fraction of sp³-hybridized carbons (Fsp3) is 0.417. The molecule has 0 aromatic heterocycles. The SMILES string of the molecule is O=C(CCCCCBr)c1c(Cl)cccc1Cl. The second kappa shape index (κ2) is 7.31. The van der Waals surface area contributed by atoms with E-state index in [1.54, 1.807) is 18.2 Å². The van der Waals surface area contributed by atoms with Gasteiger partial charge in [-0.1, -0.05) is 51.6 Å². The van der Waals surface area contributed by atoms with Crippen LogP contribution in [0.15, 0.2) is 18.2 Å². The number of hydrogen-bond donors (Lipinski definition) is 0. The first-order valence-electron chi connectivity index (χ1n) is 5.20. The maximum Gasteiger partial charge on any atom is 0.165 e. The molecule has 0 unspecified atom stereocenters. The van der Waals surface area contributed by atoms with Gasteiger partial charge < -0.3 is 0 Å². The molecule has 0 saturated carbocycles. The molecule has 0 N–H and O–H groups in total. The molecule has 1 nitrogen and oxygen atoms in total. The highest BCUT2D eigenvalue weighted by Crippen LogP contribution is 2.26. The fourth-order valence-electron chi connectivity index (χ4n) is 1.45. The third-order valence-corrected chi connectivity index (χ3v) is 3.47. The molecule has 0 saturated heterocycles. The topological polar surface area (TPSA) is 17.1 Å². The minimum Gasteiger partial charge on any atom is -0.294 e. The molecule has 88 valence electrons. The summed E-state index contributed by atoms with van der Waals surface area (Å²) in [5.74, 6) is 0.0326. The van der Waals surface area contributed by atoms with Crippen LogP contribution in [-0.2, 0) is 0 Å². The lowest BCUT2D eigenvalue weighted by atomic mass is 10.0. The van der Waals surface area contributed by atoms with E-state index in [9.17, 15) is 4.79 Å². The molecule has 0 amide bonds. The van der Waals surface area contributed by atoms with E-state index in [0.29, 0.717) is 22.0 Å². The van der Waals surface area contributed by atoms with Crippen LogP contribution in [0, 0.1) is 0 Å². The molecule has 0 atom stereocenters. The lowest BCUT2D eigenvalue weighted by molar-refractivity contribution is 0.0979. The van der Waals surface area contributed by atoms with Gasteiger partial charge in [0.1, 0.15) is 0 Å². The number of ketones is 1. The van der Waals surface area contributed by atoms with Crippen LogP contribution in [0.2, 0.25) is 10.0 Å². The predicted molar refractivity (Wildman–Crippen MR) is 73.1 cm³/mol. The zero-order valence-corrected chi connectivity index (χ0v) is 11.9. The summed E-state index contributed by atoms with van der Waals surface area (Å²) >= 11 is 15.3. The summed E-state index contributed by atoms with van der Waals surface area (Å²) in [6.45, 7) is 0. The van der Waals surface area contributed by atoms with Gasteiger partial charge in [0.2, 0.25) is 0 Å². The van der Waals surface area contributed by atoms with Gasteiger partial charge >= 0.3 is 0 Å². The molecular formula is C12H13BrCl2O. The van der Waals surface area contributed by atoms with Crippen LogP contribution < -0.4 is 0 Å². The van der Waals surface area contributed by atoms with Crippen LogP contribution in [0.25, 0.3) is 0 Å². The summed E-state index contributed by atoms with van der Waals surface area (Å²) in [6, 6.07) is 5.13. The van der Waals surface area contributed by atoms with Crippen molar-refractivity contribution in [1.82, 2.24) is 0 Å². The lowest BCUT2D eigenvalue weighted by Crippen LogP contribution is -2.01. The summed E-state index contributed by atoms with van der Waals surface area (Å²) in [5, 5.41) is 1.87. The first-order valence-corrected chi connectivity index (χ1v) is 7.07. The van der Waals surface area contributed by atoms with Crippen molar-refractivity contribution in [2.45, 2.75) is 25.7 Å². The Hall–Kier alpha value is -0.0500. The van der Waals surface area contributed by atoms with Gasteiger partial charge in [-0.25, -0.2) is 0 Å². The Morgan fingerprint density at radius 2 is 1.75 bits per heavy atom. The molecule has 0 heterocycles. The van der Waals surface area contributed by atoms with Crippen LogP contribution in [0.3, 0.4) is 0 Å². The molecule has 0 fully saturated rings. The smallest absolute Gasteiger partial charge is 0.165 e. The molecule has 1 aromatic carbocycles. The van der Waals surface area contributed by atoms with Crippen molar-refractivity contribution in [2.75, 3.05) is 5.33 Å². The van der Waals surface area contributed by atoms with E-state index < -0.39 is 0 Å². The van der Waals surface area contributed by atoms with Crippen molar-refractivity contribution in [3.63, 3.8) is 0 Å². The monoisotopic (exact) mass is 322 g/mol. The Balaban J connectivity index is 2.59. The Labute approximate surface area is 114 Å². The maximum atomic E-state index is 11.9. The number of carbonyl (C=O) groups excluding carboxylic acids is 1. The average molecular weight is 324 g/mol. The van der Waals surface area contributed by atoms with Gasteiger partial charge in [0, 0.05) is 11.8 Å². The van der Waals surface area contributed by atoms with Gasteiger partial charge in [-0.15, -0.1) is 0 Å². The minimum absolute atomic E-state index is 0.0326. The Morgan fingerprint density at radius 3 is 2.31 bits per heavy atom. The molecule has 16 heavy (non-hydrogen) atoms. The van der Waals surface area contributed by atoms with Gasteiger partial charge in [0.15, 0.2) is 5.78 Å². The second-order valence-corrected chi connectivity index (χ2v) is 5.13. The Morgan fingerprint density at radius 1 is 1.12 bits per heavy atom. The molecule has 4 heteroatoms. The van der Waals surface area contributed by atoms with Crippen LogP contribution >= 0.6 is 39.1 Å². The maximum absolute atomic E-state index is 11.9. The molecule has 1 rings (SSSR count). The minimum atomic E-state index is 0.0326. The molecular weight excluding hydrogens is 311 g/mol. The van der Waals surface area contributed by atoms with E-state index in [4.69, 9.17) is 23.2 Å². The van der Waals surface area contributed by atoms with Crippen LogP contribution in [-0.4, -0.2) is 11.1 Å². The molecule has 0 aliphatic heterocycles. The number of alkyl halides is 1. The lowest BCUT2D eigenvalue weighted by Gasteiger charge is -2.05. The number of benzene rings is 1. The zero-order valence-electron chi connectivity index (χ0n) is 8.81. The molecule has 0 aliphatic rings. The highest BCUT2D eigenvalue weighted by molar-refractivity contribution is 9.09. The average Bonchev–Trinajstić information content (AvgIpc) is 2.24. The number of hydrogen-bond acceptors (Lipinski definition) is 1. The second-order valence-electron chi connectivity index (χ2n) is 3.52. The number of carbonyl (C=O) groups is 1. The summed E-state index contributed by atoms with van der Waals surface area (Å²) in [5.41, 5.74) is 0.463. The van der Waals surface area contributed by atoms with Gasteiger partial charge in [0.05, 0.1) is 15.6 Å². The summed E-state index contributed by atoms with van der Waals surface area (Å²) in [7, 11) is 0. The summed E-state index contributed by atoms with van der Waals surface area (Å²) in [4.78, 5) is 11.9. The van der Waals surface area contributed by atoms with Crippen molar-refractivity contribution in [3.05, 3.63) is 33.8 Å². The van der Waals surface area contributed by atoms with Crippen LogP contribution in [0.5, 0.6) is 0 Å². The van der Waals surface area contributed by atoms with E-state index in [1.807, 2.05) is 0 Å². The molecule has 0 bridgehead atoms. The van der Waals surface area contributed by atoms with Gasteiger partial charge in [0.25, 0.3) is 0 Å². The van der Waals surface area contributed by atoms with Crippen molar-refractivity contribution in [2.24, 2.45) is 0 Å². The zero-order chi connectivity index (χ0) is 12.0. The number of Topliss-reactive ketones (excluding diaryl/α,β-unsaturated/α-hetero) is 1. The number of rotatable bonds is 6. The first-order chi connectivity index (χ1) is 7.66. The molecule has 0 aliphatic carbocycles. The van der Waals surface area contributed by atoms with Gasteiger partial charge in [-0.3, -0.25) is 4.79 Å². The third-order valence-electron chi connectivity index (χ3n) is 2.28. The van der Waals surface area contributed by atoms with Crippen LogP contribution in [0.4, 0.5) is 0 Å². The quantitative estimate of drug-likeness (QED) is 0.403. The number of unbranched alkanes of at least 4 members (excludes halogenated alkanes) is 2. The standard InChI is InChI=1S/C12H13BrCl2O/c13-8-3-1-2-7-11(16)12-9(14)5-4-6-10(12)15/h4-6H,1-3,7-8H2. The van der Waals surface area contributed by atoms with Crippen molar-refractivity contribution in [1.29, 1.82) is 0 Å². The van der Waals surface area contributed by atoms with Crippen molar-refractivity contribution >= 4 is 44.9 Å². The highest BCUT2D eigenvalue weighted by Gasteiger charge is 2.13. The Bertz CT molecular complexity index is 346. The van der Waals surface area contributed by atoms with Gasteiger partial charge in [-0.2, -0.15) is 0 Å². The molecule has 1 aromatic rings. The van der Waals surface area contributed by atoms with Crippen molar-refractivity contribution in [3.8, 4) is 0 Å². The molecule has 0 spiro atoms. The van der Waals surface area contributed by atoms with Gasteiger partial charge in [-0.05, 0) is 25.0 Å². The third kappa shape index (κ3) is 4.08. The van der Waals surface area contributed by atoms with E-state index in [1.165, 1.54) is 0 Å². The van der Waals surface area contributed by atoms with Crippen molar-refractivity contribution < 1.29 is 4.79 Å². The normalized spacial score (nSPS) is 10.4.